The molecule has 1 fully saturated rings. The molecule has 0 atom stereocenters. The first-order valence-corrected chi connectivity index (χ1v) is 7.11. The van der Waals surface area contributed by atoms with Crippen LogP contribution in [0.4, 0.5) is 5.95 Å². The minimum absolute atomic E-state index is 0.726. The van der Waals surface area contributed by atoms with Gasteiger partial charge in [0.25, 0.3) is 0 Å². The van der Waals surface area contributed by atoms with Gasteiger partial charge in [0.2, 0.25) is 5.95 Å². The van der Waals surface area contributed by atoms with Crippen LogP contribution in [0.1, 0.15) is 12.8 Å². The molecular formula is C16H15N3O2. The minimum atomic E-state index is 0.726. The van der Waals surface area contributed by atoms with E-state index in [0.29, 0.717) is 0 Å². The lowest BCUT2D eigenvalue weighted by Crippen LogP contribution is -2.20. The van der Waals surface area contributed by atoms with Crippen molar-refractivity contribution in [2.75, 3.05) is 18.0 Å². The van der Waals surface area contributed by atoms with Gasteiger partial charge >= 0.3 is 0 Å². The monoisotopic (exact) mass is 281 g/mol. The minimum Gasteiger partial charge on any atom is -0.464 e. The summed E-state index contributed by atoms with van der Waals surface area (Å²) in [6.45, 7) is 2.02. The highest BCUT2D eigenvalue weighted by Crippen LogP contribution is 2.32. The quantitative estimate of drug-likeness (QED) is 0.734. The zero-order valence-corrected chi connectivity index (χ0v) is 11.5. The van der Waals surface area contributed by atoms with Gasteiger partial charge in [-0.1, -0.05) is 0 Å². The molecule has 1 aliphatic heterocycles. The van der Waals surface area contributed by atoms with E-state index in [-0.39, 0.29) is 0 Å². The molecule has 1 aliphatic rings. The summed E-state index contributed by atoms with van der Waals surface area (Å²) in [5.74, 6) is 2.23. The molecule has 0 unspecified atom stereocenters. The maximum Gasteiger partial charge on any atom is 0.226 e. The Kier molecular flexibility index (Phi) is 2.96. The second kappa shape index (κ2) is 5.09. The molecule has 4 rings (SSSR count). The summed E-state index contributed by atoms with van der Waals surface area (Å²) in [6, 6.07) is 7.53. The largest absolute Gasteiger partial charge is 0.464 e. The fourth-order valence-corrected chi connectivity index (χ4v) is 2.66. The van der Waals surface area contributed by atoms with Gasteiger partial charge in [-0.2, -0.15) is 0 Å². The van der Waals surface area contributed by atoms with Gasteiger partial charge in [0.05, 0.1) is 18.1 Å². The van der Waals surface area contributed by atoms with Crippen molar-refractivity contribution < 1.29 is 8.83 Å². The van der Waals surface area contributed by atoms with E-state index in [4.69, 9.17) is 13.8 Å². The van der Waals surface area contributed by atoms with E-state index >= 15 is 0 Å². The number of nitrogens with zero attached hydrogens (tertiary/aromatic N) is 3. The summed E-state index contributed by atoms with van der Waals surface area (Å²) in [7, 11) is 0. The maximum atomic E-state index is 5.53. The lowest BCUT2D eigenvalue weighted by atomic mass is 10.1. The van der Waals surface area contributed by atoms with E-state index in [1.54, 1.807) is 12.5 Å². The molecule has 0 bridgehead atoms. The Morgan fingerprint density at radius 2 is 1.67 bits per heavy atom. The van der Waals surface area contributed by atoms with Gasteiger partial charge in [0, 0.05) is 19.3 Å². The number of hydrogen-bond acceptors (Lipinski definition) is 5. The molecule has 0 spiro atoms. The first-order chi connectivity index (χ1) is 10.4. The van der Waals surface area contributed by atoms with Crippen LogP contribution in [0.2, 0.25) is 0 Å². The van der Waals surface area contributed by atoms with Crippen molar-refractivity contribution in [1.29, 1.82) is 0 Å². The predicted octanol–water partition coefficient (Wildman–Crippen LogP) is 3.60. The third kappa shape index (κ3) is 2.20. The number of furan rings is 2. The third-order valence-corrected chi connectivity index (χ3v) is 3.71. The molecule has 0 aromatic carbocycles. The van der Waals surface area contributed by atoms with Gasteiger partial charge in [0.1, 0.15) is 11.5 Å². The average Bonchev–Trinajstić information content (AvgIpc) is 3.28. The Morgan fingerprint density at radius 3 is 2.33 bits per heavy atom. The Morgan fingerprint density at radius 1 is 0.952 bits per heavy atom. The van der Waals surface area contributed by atoms with Crippen LogP contribution >= 0.6 is 0 Å². The van der Waals surface area contributed by atoms with Crippen LogP contribution in [0.25, 0.3) is 22.8 Å². The fourth-order valence-electron chi connectivity index (χ4n) is 2.66. The molecule has 0 saturated carbocycles. The molecule has 3 aromatic heterocycles. The highest BCUT2D eigenvalue weighted by atomic mass is 16.3. The second-order valence-electron chi connectivity index (χ2n) is 5.08. The van der Waals surface area contributed by atoms with Crippen LogP contribution in [0, 0.1) is 0 Å². The fraction of sp³-hybridized carbons (Fsp3) is 0.250. The highest BCUT2D eigenvalue weighted by Gasteiger charge is 2.20. The molecular weight excluding hydrogens is 266 g/mol. The zero-order valence-electron chi connectivity index (χ0n) is 11.5. The van der Waals surface area contributed by atoms with Crippen LogP contribution in [-0.4, -0.2) is 23.1 Å². The predicted molar refractivity (Wildman–Crippen MR) is 78.9 cm³/mol. The molecule has 4 heterocycles. The van der Waals surface area contributed by atoms with E-state index in [0.717, 1.165) is 41.8 Å². The molecule has 3 aromatic rings. The van der Waals surface area contributed by atoms with Gasteiger partial charge in [-0.3, -0.25) is 0 Å². The summed E-state index contributed by atoms with van der Waals surface area (Å²) in [5.41, 5.74) is 1.62. The molecule has 0 radical (unpaired) electrons. The molecule has 0 amide bonds. The third-order valence-electron chi connectivity index (χ3n) is 3.71. The number of hydrogen-bond donors (Lipinski definition) is 0. The Balaban J connectivity index is 1.84. The topological polar surface area (TPSA) is 55.3 Å². The Hall–Kier alpha value is -2.56. The molecule has 106 valence electrons. The van der Waals surface area contributed by atoms with Crippen LogP contribution in [-0.2, 0) is 0 Å². The van der Waals surface area contributed by atoms with Crippen LogP contribution < -0.4 is 4.90 Å². The first-order valence-electron chi connectivity index (χ1n) is 7.11. The molecule has 5 heteroatoms. The van der Waals surface area contributed by atoms with Crippen molar-refractivity contribution in [3.63, 3.8) is 0 Å². The van der Waals surface area contributed by atoms with Gasteiger partial charge in [-0.15, -0.1) is 0 Å². The number of anilines is 1. The maximum absolute atomic E-state index is 5.53. The van der Waals surface area contributed by atoms with Gasteiger partial charge in [-0.05, 0) is 37.1 Å². The smallest absolute Gasteiger partial charge is 0.226 e. The Bertz CT molecular complexity index is 714. The summed E-state index contributed by atoms with van der Waals surface area (Å²) in [5, 5.41) is 0. The highest BCUT2D eigenvalue weighted by molar-refractivity contribution is 5.75. The van der Waals surface area contributed by atoms with Crippen LogP contribution in [0.5, 0.6) is 0 Å². The summed E-state index contributed by atoms with van der Waals surface area (Å²) in [6.07, 6.45) is 7.50. The Labute approximate surface area is 122 Å². The van der Waals surface area contributed by atoms with E-state index in [1.807, 2.05) is 30.5 Å². The molecule has 1 saturated heterocycles. The lowest BCUT2D eigenvalue weighted by molar-refractivity contribution is 0.573. The van der Waals surface area contributed by atoms with Gasteiger partial charge in [-0.25, -0.2) is 9.97 Å². The van der Waals surface area contributed by atoms with Gasteiger partial charge < -0.3 is 13.7 Å². The normalized spacial score (nSPS) is 14.8. The van der Waals surface area contributed by atoms with E-state index in [1.165, 1.54) is 12.8 Å². The average molecular weight is 281 g/mol. The van der Waals surface area contributed by atoms with Crippen molar-refractivity contribution in [1.82, 2.24) is 9.97 Å². The first kappa shape index (κ1) is 12.2. The molecule has 0 N–H and O–H groups in total. The van der Waals surface area contributed by atoms with E-state index in [9.17, 15) is 0 Å². The summed E-state index contributed by atoms with van der Waals surface area (Å²) < 4.78 is 11.0. The second-order valence-corrected chi connectivity index (χ2v) is 5.08. The molecule has 21 heavy (non-hydrogen) atoms. The molecule has 5 nitrogen and oxygen atoms in total. The van der Waals surface area contributed by atoms with Crippen molar-refractivity contribution in [2.45, 2.75) is 12.8 Å². The summed E-state index contributed by atoms with van der Waals surface area (Å²) in [4.78, 5) is 11.4. The summed E-state index contributed by atoms with van der Waals surface area (Å²) >= 11 is 0. The van der Waals surface area contributed by atoms with Crippen molar-refractivity contribution in [3.05, 3.63) is 43.0 Å². The molecule has 0 aliphatic carbocycles. The number of rotatable bonds is 3. The van der Waals surface area contributed by atoms with Crippen LogP contribution in [0.3, 0.4) is 0 Å². The van der Waals surface area contributed by atoms with Crippen LogP contribution in [0.15, 0.2) is 51.8 Å². The van der Waals surface area contributed by atoms with E-state index < -0.39 is 0 Å². The number of aromatic nitrogens is 2. The van der Waals surface area contributed by atoms with Crippen molar-refractivity contribution >= 4 is 5.95 Å². The van der Waals surface area contributed by atoms with Crippen molar-refractivity contribution in [3.8, 4) is 22.8 Å². The van der Waals surface area contributed by atoms with Crippen molar-refractivity contribution in [2.24, 2.45) is 0 Å². The SMILES string of the molecule is c1coc(-c2cnc(N3CCCC3)nc2-c2ccco2)c1. The zero-order chi connectivity index (χ0) is 14.1. The standard InChI is InChI=1S/C16H15N3O2/c1-2-8-19(7-1)16-17-11-12(13-5-3-9-20-13)15(18-16)14-6-4-10-21-14/h3-6,9-11H,1-2,7-8H2. The van der Waals surface area contributed by atoms with Gasteiger partial charge in [0.15, 0.2) is 5.76 Å². The lowest BCUT2D eigenvalue weighted by Gasteiger charge is -2.16. The van der Waals surface area contributed by atoms with E-state index in [2.05, 4.69) is 9.88 Å².